The predicted molar refractivity (Wildman–Crippen MR) is 102 cm³/mol. The minimum Gasteiger partial charge on any atom is -0.673 e. The molecular weight excluding hydrogens is 417 g/mol. The Hall–Kier alpha value is 0.370. The van der Waals surface area contributed by atoms with E-state index in [2.05, 4.69) is 65.4 Å². The Kier molecular flexibility index (Phi) is 21.4. The summed E-state index contributed by atoms with van der Waals surface area (Å²) in [4.78, 5) is 0. The molecule has 0 saturated carbocycles. The number of halogens is 1. The number of hydrogen-bond acceptors (Lipinski definition) is 0. The van der Waals surface area contributed by atoms with Crippen molar-refractivity contribution in [3.05, 3.63) is 61.5 Å². The van der Waals surface area contributed by atoms with Crippen LogP contribution in [0.4, 0.5) is 0 Å². The smallest absolute Gasteiger partial charge is 0.673 e. The number of fused-ring (bicyclic) bond motifs is 1. The second kappa shape index (κ2) is 15.3. The van der Waals surface area contributed by atoms with Gasteiger partial charge in [-0.25, -0.2) is 0 Å². The maximum absolute atomic E-state index is 6.94. The summed E-state index contributed by atoms with van der Waals surface area (Å²) in [5.41, 5.74) is 6.69. The van der Waals surface area contributed by atoms with Crippen LogP contribution in [0.15, 0.2) is 40.9 Å². The van der Waals surface area contributed by atoms with Crippen molar-refractivity contribution >= 4 is 36.2 Å². The molecule has 2 aromatic rings. The zero-order chi connectivity index (χ0) is 14.2. The molecule has 0 bridgehead atoms. The summed E-state index contributed by atoms with van der Waals surface area (Å²) >= 11 is 3.42. The molecule has 0 fully saturated rings. The Morgan fingerprint density at radius 2 is 1.48 bits per heavy atom. The van der Waals surface area contributed by atoms with E-state index < -0.39 is 0 Å². The fourth-order valence-electron chi connectivity index (χ4n) is 1.11. The zero-order valence-electron chi connectivity index (χ0n) is 14.3. The van der Waals surface area contributed by atoms with Crippen LogP contribution in [0.2, 0.25) is 13.1 Å². The monoisotopic (exact) mass is 443 g/mol. The molecule has 0 unspecified atom stereocenters. The summed E-state index contributed by atoms with van der Waals surface area (Å²) in [5.74, 6) is 0. The normalized spacial score (nSPS) is 8.71. The fourth-order valence-corrected chi connectivity index (χ4v) is 1.61. The van der Waals surface area contributed by atoms with Crippen LogP contribution in [0.25, 0.3) is 16.5 Å². The number of benzene rings is 1. The quantitative estimate of drug-likeness (QED) is 0.313. The van der Waals surface area contributed by atoms with Crippen LogP contribution in [-0.2, 0) is 26.2 Å². The minimum atomic E-state index is -0.250. The maximum Gasteiger partial charge on any atom is 4.00 e. The molecule has 0 aromatic heterocycles. The molecule has 0 amide bonds. The maximum atomic E-state index is 6.94. The summed E-state index contributed by atoms with van der Waals surface area (Å²) in [6.45, 7) is 9.87. The average molecular weight is 446 g/mol. The molecule has 0 aliphatic heterocycles. The molecule has 4 heteroatoms. The van der Waals surface area contributed by atoms with Crippen molar-refractivity contribution in [2.45, 2.75) is 39.4 Å². The summed E-state index contributed by atoms with van der Waals surface area (Å²) < 4.78 is 1.16. The van der Waals surface area contributed by atoms with Crippen molar-refractivity contribution in [2.24, 2.45) is 0 Å². The van der Waals surface area contributed by atoms with E-state index in [1.165, 1.54) is 10.8 Å². The van der Waals surface area contributed by atoms with Crippen molar-refractivity contribution in [2.75, 3.05) is 0 Å². The van der Waals surface area contributed by atoms with E-state index in [9.17, 15) is 0 Å². The molecule has 0 atom stereocenters. The fraction of sp³-hybridized carbons (Fsp3) is 0.353. The van der Waals surface area contributed by atoms with Crippen molar-refractivity contribution in [1.29, 1.82) is 0 Å². The van der Waals surface area contributed by atoms with Crippen LogP contribution in [-0.4, -0.2) is 15.1 Å². The van der Waals surface area contributed by atoms with E-state index in [-0.39, 0.29) is 46.6 Å². The van der Waals surface area contributed by atoms with Gasteiger partial charge in [0.2, 0.25) is 0 Å². The minimum absolute atomic E-state index is 0. The van der Waals surface area contributed by atoms with E-state index in [1.807, 2.05) is 20.8 Å². The molecule has 0 aliphatic carbocycles. The topological polar surface area (TPSA) is 23.8 Å². The van der Waals surface area contributed by atoms with Gasteiger partial charge in [0.05, 0.1) is 0 Å². The Morgan fingerprint density at radius 3 is 1.86 bits per heavy atom. The summed E-state index contributed by atoms with van der Waals surface area (Å²) in [6.07, 6.45) is 0. The van der Waals surface area contributed by atoms with Gasteiger partial charge in [0.25, 0.3) is 0 Å². The van der Waals surface area contributed by atoms with Crippen LogP contribution in [0, 0.1) is 14.9 Å². The summed E-state index contributed by atoms with van der Waals surface area (Å²) in [6, 6.07) is 12.6. The van der Waals surface area contributed by atoms with Gasteiger partial charge in [0.15, 0.2) is 0 Å². The van der Waals surface area contributed by atoms with Gasteiger partial charge in [-0.2, -0.15) is 6.07 Å². The third-order valence-electron chi connectivity index (χ3n) is 1.58. The van der Waals surface area contributed by atoms with Gasteiger partial charge in [-0.3, -0.25) is 0 Å². The molecule has 0 saturated heterocycles. The van der Waals surface area contributed by atoms with Crippen LogP contribution < -0.4 is 0 Å². The summed E-state index contributed by atoms with van der Waals surface area (Å²) in [5, 5.41) is 2.60. The van der Waals surface area contributed by atoms with Gasteiger partial charge in [0, 0.05) is 9.52 Å². The Morgan fingerprint density at radius 1 is 1.10 bits per heavy atom. The van der Waals surface area contributed by atoms with Crippen LogP contribution in [0.1, 0.15) is 20.8 Å². The Balaban J connectivity index is -0.000000116. The molecule has 2 radical (unpaired) electrons. The van der Waals surface area contributed by atoms with Crippen molar-refractivity contribution < 1.29 is 26.2 Å². The summed E-state index contributed by atoms with van der Waals surface area (Å²) in [7, 11) is 1.08. The van der Waals surface area contributed by atoms with Crippen molar-refractivity contribution in [3.63, 3.8) is 0 Å². The average Bonchev–Trinajstić information content (AvgIpc) is 2.56. The van der Waals surface area contributed by atoms with E-state index >= 15 is 0 Å². The zero-order valence-corrected chi connectivity index (χ0v) is 19.4. The first-order chi connectivity index (χ1) is 8.27. The van der Waals surface area contributed by atoms with Crippen molar-refractivity contribution in [3.8, 4) is 0 Å². The van der Waals surface area contributed by atoms with Gasteiger partial charge in [0.1, 0.15) is 0 Å². The first-order valence-corrected chi connectivity index (χ1v) is 8.71. The van der Waals surface area contributed by atoms with E-state index in [0.717, 1.165) is 14.0 Å². The SMILES string of the molecule is Brc1cc2ccccc2[cH-]1.CC(C)(C)[NH-].C[Si]C.[CH3-].[CH3-].[Zr+4]. The van der Waals surface area contributed by atoms with E-state index in [0.29, 0.717) is 0 Å². The molecule has 1 nitrogen and oxygen atoms in total. The molecule has 116 valence electrons. The number of hydrogen-bond donors (Lipinski definition) is 0. The number of rotatable bonds is 0. The van der Waals surface area contributed by atoms with E-state index in [4.69, 9.17) is 5.73 Å². The predicted octanol–water partition coefficient (Wildman–Crippen LogP) is 6.84. The van der Waals surface area contributed by atoms with Gasteiger partial charge in [-0.15, -0.1) is 40.6 Å². The molecule has 21 heavy (non-hydrogen) atoms. The first kappa shape index (κ1) is 29.4. The Labute approximate surface area is 162 Å². The molecular formula is C17H28BrNSiZr. The standard InChI is InChI=1S/C9H6Br.C4H10N.C2H6Si.2CH3.Zr/c10-9-5-7-3-1-2-4-8(7)6-9;1-4(2,3)5;1-3-2;;;/h1-6H;5H,1-3H3;1-2H3;2*1H3;/q2*-1;;2*-1;+4. The van der Waals surface area contributed by atoms with Gasteiger partial charge < -0.3 is 20.6 Å². The molecule has 0 aliphatic rings. The van der Waals surface area contributed by atoms with Crippen LogP contribution in [0.3, 0.4) is 0 Å². The molecule has 1 N–H and O–H groups in total. The molecule has 2 rings (SSSR count). The molecule has 0 heterocycles. The van der Waals surface area contributed by atoms with Crippen LogP contribution >= 0.6 is 15.9 Å². The van der Waals surface area contributed by atoms with E-state index in [1.54, 1.807) is 0 Å². The molecule has 0 spiro atoms. The third kappa shape index (κ3) is 18.3. The van der Waals surface area contributed by atoms with Gasteiger partial charge >= 0.3 is 26.2 Å². The largest absolute Gasteiger partial charge is 4.00 e. The second-order valence-electron chi connectivity index (χ2n) is 5.05. The third-order valence-corrected chi connectivity index (χ3v) is 2.04. The second-order valence-corrected chi connectivity index (χ2v) is 6.97. The van der Waals surface area contributed by atoms with Crippen LogP contribution in [0.5, 0.6) is 0 Å². The molecule has 2 aromatic carbocycles. The van der Waals surface area contributed by atoms with Crippen molar-refractivity contribution in [1.82, 2.24) is 0 Å². The first-order valence-electron chi connectivity index (χ1n) is 5.92. The van der Waals surface area contributed by atoms with Gasteiger partial charge in [-0.1, -0.05) is 60.3 Å². The van der Waals surface area contributed by atoms with Gasteiger partial charge in [-0.05, 0) is 0 Å². The number of nitrogens with one attached hydrogen (secondary N) is 1. The Bertz CT molecular complexity index is 410.